The Morgan fingerprint density at radius 1 is 1.32 bits per heavy atom. The zero-order valence-electron chi connectivity index (χ0n) is 22.7. The number of hydrogen-bond acceptors (Lipinski definition) is 7. The van der Waals surface area contributed by atoms with Gasteiger partial charge in [0.15, 0.2) is 0 Å². The highest BCUT2D eigenvalue weighted by Crippen LogP contribution is 2.58. The Bertz CT molecular complexity index is 909. The van der Waals surface area contributed by atoms with E-state index < -0.39 is 41.7 Å². The number of esters is 1. The maximum atomic E-state index is 13.9. The number of fused-ring (bicyclic) bond motifs is 1. The maximum Gasteiger partial charge on any atom is 0.312 e. The van der Waals surface area contributed by atoms with E-state index >= 15 is 0 Å². The SMILES string of the molecule is C=CCCC(=O)NC[C@@H](C)OC(=O)[C@@H]1[C@@H]2CC[C@]3(O2)[C@H](C(=O)N(CC=C)CCCCC)N(CCO)C(=O)[C@@H]13. The van der Waals surface area contributed by atoms with Crippen molar-refractivity contribution in [2.45, 2.75) is 82.6 Å². The fourth-order valence-corrected chi connectivity index (χ4v) is 6.12. The van der Waals surface area contributed by atoms with Crippen LogP contribution in [0, 0.1) is 11.8 Å². The second-order valence-corrected chi connectivity index (χ2v) is 10.5. The molecule has 10 heteroatoms. The normalized spacial score (nSPS) is 28.1. The summed E-state index contributed by atoms with van der Waals surface area (Å²) in [6, 6.07) is -0.918. The third-order valence-electron chi connectivity index (χ3n) is 7.82. The van der Waals surface area contributed by atoms with Gasteiger partial charge < -0.3 is 29.7 Å². The van der Waals surface area contributed by atoms with Crippen molar-refractivity contribution in [2.75, 3.05) is 32.8 Å². The quantitative estimate of drug-likeness (QED) is 0.175. The first-order chi connectivity index (χ1) is 18.2. The number of amides is 3. The van der Waals surface area contributed by atoms with Crippen LogP contribution in [-0.2, 0) is 28.7 Å². The molecular weight excluding hydrogens is 490 g/mol. The molecule has 3 heterocycles. The van der Waals surface area contributed by atoms with Gasteiger partial charge in [-0.2, -0.15) is 0 Å². The molecule has 3 fully saturated rings. The summed E-state index contributed by atoms with van der Waals surface area (Å²) in [4.78, 5) is 56.0. The summed E-state index contributed by atoms with van der Waals surface area (Å²) >= 11 is 0. The highest BCUT2D eigenvalue weighted by Gasteiger charge is 2.75. The first-order valence-electron chi connectivity index (χ1n) is 13.8. The van der Waals surface area contributed by atoms with Crippen LogP contribution in [0.2, 0.25) is 0 Å². The first-order valence-corrected chi connectivity index (χ1v) is 13.8. The van der Waals surface area contributed by atoms with Crippen LogP contribution in [-0.4, -0.2) is 95.2 Å². The number of unbranched alkanes of at least 4 members (excludes halogenated alkanes) is 2. The molecule has 212 valence electrons. The number of carbonyl (C=O) groups excluding carboxylic acids is 4. The summed E-state index contributed by atoms with van der Waals surface area (Å²) in [5.74, 6) is -3.03. The fourth-order valence-electron chi connectivity index (χ4n) is 6.12. The van der Waals surface area contributed by atoms with Crippen LogP contribution >= 0.6 is 0 Å². The van der Waals surface area contributed by atoms with Gasteiger partial charge in [-0.05, 0) is 32.6 Å². The summed E-state index contributed by atoms with van der Waals surface area (Å²) in [6.07, 6.45) is 6.87. The molecule has 3 rings (SSSR count). The van der Waals surface area contributed by atoms with Crippen molar-refractivity contribution in [3.05, 3.63) is 25.3 Å². The first kappa shape index (κ1) is 29.8. The average Bonchev–Trinajstić information content (AvgIpc) is 3.53. The molecule has 10 nitrogen and oxygen atoms in total. The smallest absolute Gasteiger partial charge is 0.312 e. The van der Waals surface area contributed by atoms with Crippen LogP contribution in [0.15, 0.2) is 25.3 Å². The fraction of sp³-hybridized carbons (Fsp3) is 0.714. The van der Waals surface area contributed by atoms with Gasteiger partial charge in [0.25, 0.3) is 0 Å². The van der Waals surface area contributed by atoms with E-state index in [2.05, 4.69) is 25.4 Å². The highest BCUT2D eigenvalue weighted by atomic mass is 16.6. The van der Waals surface area contributed by atoms with E-state index in [0.717, 1.165) is 19.3 Å². The van der Waals surface area contributed by atoms with E-state index in [4.69, 9.17) is 9.47 Å². The summed E-state index contributed by atoms with van der Waals surface area (Å²) < 4.78 is 12.0. The number of likely N-dealkylation sites (tertiary alicyclic amines) is 1. The standard InChI is InChI=1S/C28H43N3O7/c1-5-8-10-15-30(14-7-3)26(35)24-28-13-12-20(38-28)22(23(28)25(34)31(24)16-17-32)27(36)37-19(4)18-29-21(33)11-9-6-2/h6-7,19-20,22-24,32H,2-3,5,8-18H2,1,4H3,(H,29,33)/t19-,20+,22-,23-,24+,28-/m1/s1. The molecule has 1 spiro atoms. The van der Waals surface area contributed by atoms with Gasteiger partial charge in [0.05, 0.1) is 31.1 Å². The third-order valence-corrected chi connectivity index (χ3v) is 7.82. The van der Waals surface area contributed by atoms with Gasteiger partial charge in [0.1, 0.15) is 17.7 Å². The van der Waals surface area contributed by atoms with Gasteiger partial charge in [-0.1, -0.05) is 31.9 Å². The number of ether oxygens (including phenoxy) is 2. The Morgan fingerprint density at radius 2 is 2.08 bits per heavy atom. The Labute approximate surface area is 225 Å². The van der Waals surface area contributed by atoms with Gasteiger partial charge in [-0.25, -0.2) is 0 Å². The van der Waals surface area contributed by atoms with Gasteiger partial charge in [0, 0.05) is 26.1 Å². The van der Waals surface area contributed by atoms with Crippen LogP contribution < -0.4 is 5.32 Å². The number of β-amino-alcohol motifs (C(OH)–C–C–N with tert-alkyl or cyclic N) is 1. The van der Waals surface area contributed by atoms with Crippen LogP contribution in [0.1, 0.15) is 58.8 Å². The van der Waals surface area contributed by atoms with E-state index in [1.165, 1.54) is 4.90 Å². The van der Waals surface area contributed by atoms with E-state index in [1.54, 1.807) is 24.0 Å². The lowest BCUT2D eigenvalue weighted by Crippen LogP contribution is -2.56. The van der Waals surface area contributed by atoms with Gasteiger partial charge >= 0.3 is 5.97 Å². The van der Waals surface area contributed by atoms with E-state index in [0.29, 0.717) is 38.8 Å². The van der Waals surface area contributed by atoms with Crippen molar-refractivity contribution >= 4 is 23.7 Å². The number of nitrogens with zero attached hydrogens (tertiary/aromatic N) is 2. The molecule has 0 aliphatic carbocycles. The topological polar surface area (TPSA) is 125 Å². The third kappa shape index (κ3) is 5.96. The number of carbonyl (C=O) groups is 4. The molecule has 38 heavy (non-hydrogen) atoms. The minimum absolute atomic E-state index is 0.0205. The Hall–Kier alpha value is -2.72. The largest absolute Gasteiger partial charge is 0.460 e. The molecule has 2 N–H and O–H groups in total. The van der Waals surface area contributed by atoms with E-state index in [1.807, 2.05) is 0 Å². The Balaban J connectivity index is 1.78. The summed E-state index contributed by atoms with van der Waals surface area (Å²) in [5, 5.41) is 12.5. The summed E-state index contributed by atoms with van der Waals surface area (Å²) in [5.41, 5.74) is -1.13. The minimum Gasteiger partial charge on any atom is -0.460 e. The molecular formula is C28H43N3O7. The molecule has 3 saturated heterocycles. The second-order valence-electron chi connectivity index (χ2n) is 10.5. The molecule has 3 aliphatic heterocycles. The molecule has 0 saturated carbocycles. The molecule has 6 atom stereocenters. The van der Waals surface area contributed by atoms with E-state index in [9.17, 15) is 24.3 Å². The molecule has 0 aromatic rings. The number of aliphatic hydroxyl groups is 1. The highest BCUT2D eigenvalue weighted by molar-refractivity contribution is 5.98. The lowest BCUT2D eigenvalue weighted by atomic mass is 9.70. The van der Waals surface area contributed by atoms with Crippen molar-refractivity contribution in [1.82, 2.24) is 15.1 Å². The second kappa shape index (κ2) is 13.4. The minimum atomic E-state index is -1.13. The molecule has 0 aromatic carbocycles. The molecule has 3 amide bonds. The van der Waals surface area contributed by atoms with Gasteiger partial charge in [-0.3, -0.25) is 19.2 Å². The zero-order chi connectivity index (χ0) is 27.9. The van der Waals surface area contributed by atoms with Gasteiger partial charge in [0.2, 0.25) is 17.7 Å². The number of rotatable bonds is 16. The van der Waals surface area contributed by atoms with Crippen LogP contribution in [0.3, 0.4) is 0 Å². The van der Waals surface area contributed by atoms with Crippen LogP contribution in [0.5, 0.6) is 0 Å². The summed E-state index contributed by atoms with van der Waals surface area (Å²) in [7, 11) is 0. The van der Waals surface area contributed by atoms with Crippen molar-refractivity contribution in [2.24, 2.45) is 11.8 Å². The van der Waals surface area contributed by atoms with E-state index in [-0.39, 0.29) is 37.4 Å². The number of allylic oxidation sites excluding steroid dienone is 1. The maximum absolute atomic E-state index is 13.9. The predicted octanol–water partition coefficient (Wildman–Crippen LogP) is 1.57. The van der Waals surface area contributed by atoms with Crippen LogP contribution in [0.4, 0.5) is 0 Å². The zero-order valence-corrected chi connectivity index (χ0v) is 22.7. The molecule has 2 bridgehead atoms. The Morgan fingerprint density at radius 3 is 2.74 bits per heavy atom. The predicted molar refractivity (Wildman–Crippen MR) is 141 cm³/mol. The molecule has 3 aliphatic rings. The monoisotopic (exact) mass is 533 g/mol. The molecule has 0 radical (unpaired) electrons. The molecule has 0 unspecified atom stereocenters. The average molecular weight is 534 g/mol. The Kier molecular flexibility index (Phi) is 10.5. The van der Waals surface area contributed by atoms with Gasteiger partial charge in [-0.15, -0.1) is 13.2 Å². The van der Waals surface area contributed by atoms with Crippen LogP contribution in [0.25, 0.3) is 0 Å². The van der Waals surface area contributed by atoms with Crippen molar-refractivity contribution in [1.29, 1.82) is 0 Å². The lowest BCUT2D eigenvalue weighted by Gasteiger charge is -2.36. The van der Waals surface area contributed by atoms with Crippen molar-refractivity contribution < 1.29 is 33.8 Å². The lowest BCUT2D eigenvalue weighted by molar-refractivity contribution is -0.159. The number of aliphatic hydroxyl groups excluding tert-OH is 1. The number of nitrogens with one attached hydrogen (secondary N) is 1. The number of hydrogen-bond donors (Lipinski definition) is 2. The van der Waals surface area contributed by atoms with Crippen molar-refractivity contribution in [3.63, 3.8) is 0 Å². The summed E-state index contributed by atoms with van der Waals surface area (Å²) in [6.45, 7) is 11.8. The molecule has 0 aromatic heterocycles. The van der Waals surface area contributed by atoms with Crippen molar-refractivity contribution in [3.8, 4) is 0 Å².